The SMILES string of the molecule is ClCc1ccc(-n2cncn2)cc1Cl. The summed E-state index contributed by atoms with van der Waals surface area (Å²) in [6, 6.07) is 5.60. The maximum absolute atomic E-state index is 6.00. The standard InChI is InChI=1S/C9H7Cl2N3/c10-4-7-1-2-8(3-9(7)11)14-6-12-5-13-14/h1-3,5-6H,4H2. The van der Waals surface area contributed by atoms with Crippen molar-refractivity contribution in [2.45, 2.75) is 5.88 Å². The van der Waals surface area contributed by atoms with Gasteiger partial charge in [-0.15, -0.1) is 11.6 Å². The van der Waals surface area contributed by atoms with E-state index in [1.54, 1.807) is 11.0 Å². The van der Waals surface area contributed by atoms with Crippen LogP contribution in [0.3, 0.4) is 0 Å². The molecule has 0 N–H and O–H groups in total. The quantitative estimate of drug-likeness (QED) is 0.739. The predicted molar refractivity (Wildman–Crippen MR) is 55.9 cm³/mol. The van der Waals surface area contributed by atoms with Gasteiger partial charge in [0.15, 0.2) is 0 Å². The Morgan fingerprint density at radius 3 is 2.79 bits per heavy atom. The summed E-state index contributed by atoms with van der Waals surface area (Å²) in [6.45, 7) is 0. The summed E-state index contributed by atoms with van der Waals surface area (Å²) in [4.78, 5) is 3.85. The lowest BCUT2D eigenvalue weighted by atomic mass is 10.2. The van der Waals surface area contributed by atoms with Gasteiger partial charge >= 0.3 is 0 Å². The zero-order valence-electron chi connectivity index (χ0n) is 7.19. The fourth-order valence-corrected chi connectivity index (χ4v) is 1.67. The molecule has 72 valence electrons. The molecular weight excluding hydrogens is 221 g/mol. The maximum Gasteiger partial charge on any atom is 0.138 e. The first-order valence-electron chi connectivity index (χ1n) is 4.00. The Morgan fingerprint density at radius 2 is 2.21 bits per heavy atom. The lowest BCUT2D eigenvalue weighted by molar-refractivity contribution is 0.878. The molecule has 1 aromatic heterocycles. The van der Waals surface area contributed by atoms with Crippen molar-refractivity contribution in [2.24, 2.45) is 0 Å². The molecule has 1 heterocycles. The molecule has 2 aromatic rings. The van der Waals surface area contributed by atoms with Crippen LogP contribution >= 0.6 is 23.2 Å². The highest BCUT2D eigenvalue weighted by atomic mass is 35.5. The Bertz CT molecular complexity index is 426. The molecule has 0 saturated carbocycles. The molecule has 0 atom stereocenters. The van der Waals surface area contributed by atoms with Gasteiger partial charge in [-0.1, -0.05) is 17.7 Å². The monoisotopic (exact) mass is 227 g/mol. The molecule has 14 heavy (non-hydrogen) atoms. The van der Waals surface area contributed by atoms with Crippen LogP contribution in [0, 0.1) is 0 Å². The van der Waals surface area contributed by atoms with Crippen molar-refractivity contribution in [1.29, 1.82) is 0 Å². The van der Waals surface area contributed by atoms with Crippen molar-refractivity contribution in [3.05, 3.63) is 41.4 Å². The van der Waals surface area contributed by atoms with E-state index in [1.807, 2.05) is 18.2 Å². The summed E-state index contributed by atoms with van der Waals surface area (Å²) >= 11 is 11.7. The van der Waals surface area contributed by atoms with Crippen molar-refractivity contribution in [3.63, 3.8) is 0 Å². The minimum atomic E-state index is 0.413. The van der Waals surface area contributed by atoms with Crippen molar-refractivity contribution in [1.82, 2.24) is 14.8 Å². The van der Waals surface area contributed by atoms with Gasteiger partial charge in [0.2, 0.25) is 0 Å². The highest BCUT2D eigenvalue weighted by Gasteiger charge is 2.02. The van der Waals surface area contributed by atoms with Gasteiger partial charge < -0.3 is 0 Å². The molecule has 1 aromatic carbocycles. The second-order valence-electron chi connectivity index (χ2n) is 2.75. The second-order valence-corrected chi connectivity index (χ2v) is 3.42. The average Bonchev–Trinajstić information content (AvgIpc) is 2.70. The van der Waals surface area contributed by atoms with Crippen LogP contribution in [0.2, 0.25) is 5.02 Å². The molecule has 0 aliphatic heterocycles. The molecule has 0 aliphatic rings. The zero-order valence-corrected chi connectivity index (χ0v) is 8.70. The summed E-state index contributed by atoms with van der Waals surface area (Å²) in [5.41, 5.74) is 1.79. The average molecular weight is 228 g/mol. The van der Waals surface area contributed by atoms with Crippen LogP contribution < -0.4 is 0 Å². The maximum atomic E-state index is 6.00. The third-order valence-corrected chi connectivity index (χ3v) is 2.50. The minimum absolute atomic E-state index is 0.413. The number of rotatable bonds is 2. The van der Waals surface area contributed by atoms with Gasteiger partial charge in [0.05, 0.1) is 5.69 Å². The van der Waals surface area contributed by atoms with Crippen LogP contribution in [0.5, 0.6) is 0 Å². The van der Waals surface area contributed by atoms with E-state index >= 15 is 0 Å². The molecule has 0 fully saturated rings. The number of hydrogen-bond donors (Lipinski definition) is 0. The Hall–Kier alpha value is -1.06. The van der Waals surface area contributed by atoms with Crippen LogP contribution in [0.1, 0.15) is 5.56 Å². The fourth-order valence-electron chi connectivity index (χ4n) is 1.13. The molecule has 0 saturated heterocycles. The molecular formula is C9H7Cl2N3. The fraction of sp³-hybridized carbons (Fsp3) is 0.111. The number of aromatic nitrogens is 3. The molecule has 0 amide bonds. The largest absolute Gasteiger partial charge is 0.223 e. The van der Waals surface area contributed by atoms with Crippen LogP contribution in [0.25, 0.3) is 5.69 Å². The molecule has 0 aliphatic carbocycles. The molecule has 0 unspecified atom stereocenters. The van der Waals surface area contributed by atoms with Gasteiger partial charge in [0, 0.05) is 10.9 Å². The van der Waals surface area contributed by atoms with Crippen molar-refractivity contribution in [3.8, 4) is 5.69 Å². The molecule has 5 heteroatoms. The molecule has 2 rings (SSSR count). The summed E-state index contributed by atoms with van der Waals surface area (Å²) < 4.78 is 1.64. The summed E-state index contributed by atoms with van der Waals surface area (Å²) in [5.74, 6) is 0.413. The van der Waals surface area contributed by atoms with E-state index in [4.69, 9.17) is 23.2 Å². The molecule has 0 radical (unpaired) electrons. The Balaban J connectivity index is 2.43. The Kier molecular flexibility index (Phi) is 2.70. The first kappa shape index (κ1) is 9.49. The normalized spacial score (nSPS) is 10.4. The molecule has 0 bridgehead atoms. The number of halogens is 2. The summed E-state index contributed by atoms with van der Waals surface area (Å²) in [7, 11) is 0. The molecule has 3 nitrogen and oxygen atoms in total. The minimum Gasteiger partial charge on any atom is -0.223 e. The first-order valence-corrected chi connectivity index (χ1v) is 4.92. The van der Waals surface area contributed by atoms with E-state index in [0.717, 1.165) is 11.3 Å². The van der Waals surface area contributed by atoms with Gasteiger partial charge in [-0.3, -0.25) is 0 Å². The lowest BCUT2D eigenvalue weighted by Gasteiger charge is -2.03. The van der Waals surface area contributed by atoms with Crippen molar-refractivity contribution < 1.29 is 0 Å². The Morgan fingerprint density at radius 1 is 1.36 bits per heavy atom. The van der Waals surface area contributed by atoms with Crippen LogP contribution in [-0.4, -0.2) is 14.8 Å². The number of hydrogen-bond acceptors (Lipinski definition) is 2. The highest BCUT2D eigenvalue weighted by molar-refractivity contribution is 6.32. The highest BCUT2D eigenvalue weighted by Crippen LogP contribution is 2.21. The van der Waals surface area contributed by atoms with Crippen molar-refractivity contribution in [2.75, 3.05) is 0 Å². The van der Waals surface area contributed by atoms with Gasteiger partial charge in [0.25, 0.3) is 0 Å². The van der Waals surface area contributed by atoms with E-state index in [1.165, 1.54) is 6.33 Å². The summed E-state index contributed by atoms with van der Waals surface area (Å²) in [5, 5.41) is 4.64. The summed E-state index contributed by atoms with van der Waals surface area (Å²) in [6.07, 6.45) is 3.09. The number of nitrogens with zero attached hydrogens (tertiary/aromatic N) is 3. The van der Waals surface area contributed by atoms with E-state index < -0.39 is 0 Å². The van der Waals surface area contributed by atoms with E-state index in [0.29, 0.717) is 10.9 Å². The molecule has 0 spiro atoms. The van der Waals surface area contributed by atoms with Crippen LogP contribution in [-0.2, 0) is 5.88 Å². The van der Waals surface area contributed by atoms with Gasteiger partial charge in [-0.25, -0.2) is 9.67 Å². The zero-order chi connectivity index (χ0) is 9.97. The predicted octanol–water partition coefficient (Wildman–Crippen LogP) is 2.66. The van der Waals surface area contributed by atoms with E-state index in [9.17, 15) is 0 Å². The lowest BCUT2D eigenvalue weighted by Crippen LogP contribution is -1.94. The van der Waals surface area contributed by atoms with Crippen LogP contribution in [0.15, 0.2) is 30.9 Å². The van der Waals surface area contributed by atoms with Gasteiger partial charge in [-0.05, 0) is 17.7 Å². The van der Waals surface area contributed by atoms with Crippen LogP contribution in [0.4, 0.5) is 0 Å². The Labute approximate surface area is 91.3 Å². The van der Waals surface area contributed by atoms with Crippen molar-refractivity contribution >= 4 is 23.2 Å². The topological polar surface area (TPSA) is 30.7 Å². The smallest absolute Gasteiger partial charge is 0.138 e. The second kappa shape index (κ2) is 3.98. The van der Waals surface area contributed by atoms with E-state index in [2.05, 4.69) is 10.1 Å². The van der Waals surface area contributed by atoms with Gasteiger partial charge in [-0.2, -0.15) is 5.10 Å². The number of benzene rings is 1. The third kappa shape index (κ3) is 1.74. The number of alkyl halides is 1. The third-order valence-electron chi connectivity index (χ3n) is 1.86. The van der Waals surface area contributed by atoms with E-state index in [-0.39, 0.29) is 0 Å². The first-order chi connectivity index (χ1) is 6.81. The van der Waals surface area contributed by atoms with Gasteiger partial charge in [0.1, 0.15) is 12.7 Å².